The summed E-state index contributed by atoms with van der Waals surface area (Å²) in [5.41, 5.74) is 4.21. The zero-order valence-electron chi connectivity index (χ0n) is 18.3. The Bertz CT molecular complexity index is 723. The van der Waals surface area contributed by atoms with Gasteiger partial charge < -0.3 is 5.11 Å². The number of hydrogen-bond donors (Lipinski definition) is 1. The Kier molecular flexibility index (Phi) is 7.70. The number of benzene rings is 1. The van der Waals surface area contributed by atoms with Gasteiger partial charge in [0.15, 0.2) is 0 Å². The van der Waals surface area contributed by atoms with Crippen molar-refractivity contribution in [1.82, 2.24) is 0 Å². The van der Waals surface area contributed by atoms with Crippen LogP contribution in [0.3, 0.4) is 0 Å². The molecule has 176 valence electrons. The van der Waals surface area contributed by atoms with E-state index in [1.165, 1.54) is 16.8 Å². The van der Waals surface area contributed by atoms with Crippen molar-refractivity contribution >= 4 is 19.8 Å². The van der Waals surface area contributed by atoms with Crippen molar-refractivity contribution in [1.29, 1.82) is 0 Å². The topological polar surface area (TPSA) is 26.5 Å². The maximum atomic E-state index is 9.87. The summed E-state index contributed by atoms with van der Waals surface area (Å²) in [6.07, 6.45) is 2.23. The first-order chi connectivity index (χ1) is 13.3. The molecule has 0 aliphatic carbocycles. The molecule has 0 spiro atoms. The molecule has 2 rings (SSSR count). The second kappa shape index (κ2) is 8.65. The van der Waals surface area contributed by atoms with Crippen molar-refractivity contribution in [2.24, 2.45) is 5.92 Å². The van der Waals surface area contributed by atoms with E-state index in [0.717, 1.165) is 13.1 Å². The molecular weight excluding hydrogens is 429 g/mol. The average molecular weight is 462 g/mol. The van der Waals surface area contributed by atoms with Crippen LogP contribution in [-0.4, -0.2) is 41.8 Å². The van der Waals surface area contributed by atoms with Crippen molar-refractivity contribution < 1.29 is 34.9 Å². The van der Waals surface area contributed by atoms with Gasteiger partial charge >= 0.3 is 33.0 Å². The van der Waals surface area contributed by atoms with Crippen LogP contribution in [0.1, 0.15) is 64.5 Å². The van der Waals surface area contributed by atoms with Gasteiger partial charge in [0.2, 0.25) is 6.34 Å². The summed E-state index contributed by atoms with van der Waals surface area (Å²) < 4.78 is 61.5. The monoisotopic (exact) mass is 462 g/mol. The molecule has 3 nitrogen and oxygen atoms in total. The predicted molar refractivity (Wildman–Crippen MR) is 112 cm³/mol. The minimum atomic E-state index is -10.7. The second-order valence-electron chi connectivity index (χ2n) is 8.59. The van der Waals surface area contributed by atoms with E-state index >= 15 is 0 Å². The van der Waals surface area contributed by atoms with E-state index in [2.05, 4.69) is 75.6 Å². The third-order valence-corrected chi connectivity index (χ3v) is 4.90. The fourth-order valence-corrected chi connectivity index (χ4v) is 3.48. The number of rotatable bonds is 6. The maximum absolute atomic E-state index is 10.7. The Balaban J connectivity index is 0.000000553. The Morgan fingerprint density at radius 3 is 1.70 bits per heavy atom. The van der Waals surface area contributed by atoms with Gasteiger partial charge in [0.25, 0.3) is 0 Å². The van der Waals surface area contributed by atoms with Gasteiger partial charge in [-0.1, -0.05) is 59.7 Å². The van der Waals surface area contributed by atoms with Gasteiger partial charge in [-0.25, -0.2) is 4.90 Å². The number of para-hydroxylation sites is 1. The van der Waals surface area contributed by atoms with Crippen molar-refractivity contribution in [3.63, 3.8) is 0 Å². The molecule has 1 atom stereocenters. The molecule has 0 radical (unpaired) electrons. The van der Waals surface area contributed by atoms with Gasteiger partial charge in [-0.2, -0.15) is 0 Å². The molecule has 1 N–H and O–H groups in total. The van der Waals surface area contributed by atoms with E-state index in [1.54, 1.807) is 0 Å². The van der Waals surface area contributed by atoms with Crippen molar-refractivity contribution in [2.45, 2.75) is 59.4 Å². The summed E-state index contributed by atoms with van der Waals surface area (Å²) in [4.78, 5) is 2.40. The standard InChI is InChI=1S/C20H33N2O.F6P/c1-14(2)17-8-7-9-18(15(3)4)20(17)22-11-10-21(13-22)19(12-23)16(5)6;1-7(2,3,4,5)6/h7-9,13-16,19,23H,10-12H2,1-6H3;/q+1;-1/t19-;/m1./s1. The normalized spacial score (nSPS) is 18.1. The van der Waals surface area contributed by atoms with Crippen LogP contribution in [0.5, 0.6) is 0 Å². The SMILES string of the molecule is CC(C)c1cccc(C(C)C)c1N1C=[N+]([C@H](CO)C(C)C)CC1.F[P-](F)(F)(F)(F)F. The van der Waals surface area contributed by atoms with Crippen molar-refractivity contribution in [3.8, 4) is 0 Å². The quantitative estimate of drug-likeness (QED) is 0.275. The molecule has 1 aromatic rings. The molecule has 0 saturated carbocycles. The Labute approximate surface area is 174 Å². The van der Waals surface area contributed by atoms with Crippen LogP contribution in [0.2, 0.25) is 0 Å². The zero-order valence-corrected chi connectivity index (χ0v) is 19.2. The van der Waals surface area contributed by atoms with Crippen LogP contribution in [0.25, 0.3) is 0 Å². The summed E-state index contributed by atoms with van der Waals surface area (Å²) >= 11 is 0. The third-order valence-electron chi connectivity index (χ3n) is 4.90. The summed E-state index contributed by atoms with van der Waals surface area (Å²) in [7, 11) is -10.7. The first-order valence-corrected chi connectivity index (χ1v) is 12.0. The second-order valence-corrected chi connectivity index (χ2v) is 10.5. The van der Waals surface area contributed by atoms with Gasteiger partial charge in [-0.15, -0.1) is 0 Å². The molecule has 0 aromatic heterocycles. The van der Waals surface area contributed by atoms with Crippen LogP contribution < -0.4 is 4.90 Å². The molecule has 10 heteroatoms. The first-order valence-electron chi connectivity index (χ1n) is 9.99. The van der Waals surface area contributed by atoms with E-state index in [9.17, 15) is 30.3 Å². The van der Waals surface area contributed by atoms with E-state index in [1.807, 2.05) is 0 Å². The minimum absolute atomic E-state index is 0.203. The third kappa shape index (κ3) is 9.21. The van der Waals surface area contributed by atoms with Crippen molar-refractivity contribution in [3.05, 3.63) is 29.3 Å². The Morgan fingerprint density at radius 1 is 0.933 bits per heavy atom. The predicted octanol–water partition coefficient (Wildman–Crippen LogP) is 7.19. The van der Waals surface area contributed by atoms with E-state index in [-0.39, 0.29) is 12.6 Å². The molecule has 0 amide bonds. The number of aliphatic hydroxyl groups is 1. The van der Waals surface area contributed by atoms with E-state index < -0.39 is 7.81 Å². The first kappa shape index (κ1) is 26.7. The number of halogens is 6. The molecule has 1 aromatic carbocycles. The van der Waals surface area contributed by atoms with Gasteiger partial charge in [-0.05, 0) is 17.8 Å². The van der Waals surface area contributed by atoms with Crippen LogP contribution in [-0.2, 0) is 0 Å². The molecular formula is C20H33F6N2OP. The zero-order chi connectivity index (χ0) is 23.6. The molecule has 1 aliphatic heterocycles. The molecule has 0 fully saturated rings. The number of anilines is 1. The van der Waals surface area contributed by atoms with Crippen LogP contribution >= 0.6 is 7.81 Å². The van der Waals surface area contributed by atoms with Gasteiger partial charge in [0.05, 0.1) is 6.61 Å². The number of hydrogen-bond acceptors (Lipinski definition) is 2. The molecule has 0 unspecified atom stereocenters. The molecule has 1 heterocycles. The Morgan fingerprint density at radius 2 is 1.37 bits per heavy atom. The number of aliphatic hydroxyl groups excluding tert-OH is 1. The number of nitrogens with zero attached hydrogens (tertiary/aromatic N) is 2. The fraction of sp³-hybridized carbons (Fsp3) is 0.650. The Hall–Kier alpha value is -1.34. The van der Waals surface area contributed by atoms with Gasteiger partial charge in [0, 0.05) is 11.1 Å². The van der Waals surface area contributed by atoms with Gasteiger partial charge in [0.1, 0.15) is 24.8 Å². The summed E-state index contributed by atoms with van der Waals surface area (Å²) in [6, 6.07) is 6.91. The summed E-state index contributed by atoms with van der Waals surface area (Å²) in [5, 5.41) is 9.72. The van der Waals surface area contributed by atoms with Crippen LogP contribution in [0.4, 0.5) is 30.9 Å². The summed E-state index contributed by atoms with van der Waals surface area (Å²) in [5.74, 6) is 1.45. The fourth-order valence-electron chi connectivity index (χ4n) is 3.48. The van der Waals surface area contributed by atoms with Crippen LogP contribution in [0.15, 0.2) is 18.2 Å². The van der Waals surface area contributed by atoms with Crippen molar-refractivity contribution in [2.75, 3.05) is 24.6 Å². The van der Waals surface area contributed by atoms with Gasteiger partial charge in [-0.3, -0.25) is 4.58 Å². The summed E-state index contributed by atoms with van der Waals surface area (Å²) in [6.45, 7) is 15.6. The van der Waals surface area contributed by atoms with Crippen LogP contribution in [0, 0.1) is 5.92 Å². The molecule has 30 heavy (non-hydrogen) atoms. The molecule has 0 bridgehead atoms. The molecule has 1 aliphatic rings. The van der Waals surface area contributed by atoms with E-state index in [4.69, 9.17) is 0 Å². The average Bonchev–Trinajstić information content (AvgIpc) is 3.00. The van der Waals surface area contributed by atoms with E-state index in [0.29, 0.717) is 17.8 Å². The molecule has 0 saturated heterocycles.